The minimum Gasteiger partial charge on any atom is -0.336 e. The van der Waals surface area contributed by atoms with Crippen molar-refractivity contribution < 1.29 is 4.79 Å². The van der Waals surface area contributed by atoms with Crippen molar-refractivity contribution in [2.24, 2.45) is 0 Å². The molecule has 1 saturated heterocycles. The fourth-order valence-corrected chi connectivity index (χ4v) is 4.11. The first-order valence-corrected chi connectivity index (χ1v) is 8.99. The van der Waals surface area contributed by atoms with Crippen LogP contribution in [0.4, 0.5) is 0 Å². The van der Waals surface area contributed by atoms with Crippen LogP contribution in [0.1, 0.15) is 16.9 Å². The molecule has 0 N–H and O–H groups in total. The van der Waals surface area contributed by atoms with Gasteiger partial charge in [-0.05, 0) is 20.0 Å². The lowest BCUT2D eigenvalue weighted by Gasteiger charge is -2.24. The molecule has 124 valence electrons. The summed E-state index contributed by atoms with van der Waals surface area (Å²) in [7, 11) is 4.01. The molecule has 1 fully saturated rings. The van der Waals surface area contributed by atoms with Crippen LogP contribution in [0.5, 0.6) is 0 Å². The van der Waals surface area contributed by atoms with Crippen molar-refractivity contribution in [2.75, 3.05) is 27.2 Å². The lowest BCUT2D eigenvalue weighted by atomic mass is 10.2. The highest BCUT2D eigenvalue weighted by molar-refractivity contribution is 7.15. The maximum atomic E-state index is 12.9. The number of likely N-dealkylation sites (tertiary alicyclic amines) is 1. The van der Waals surface area contributed by atoms with Gasteiger partial charge in [0.1, 0.15) is 5.69 Å². The molecular weight excluding hydrogens is 320 g/mol. The number of fused-ring (bicyclic) bond motifs is 1. The second kappa shape index (κ2) is 6.03. The molecule has 3 aromatic rings. The van der Waals surface area contributed by atoms with E-state index in [4.69, 9.17) is 0 Å². The molecule has 4 rings (SSSR count). The summed E-state index contributed by atoms with van der Waals surface area (Å²) in [6, 6.07) is 10.3. The van der Waals surface area contributed by atoms with E-state index in [1.807, 2.05) is 58.3 Å². The molecule has 1 aliphatic heterocycles. The van der Waals surface area contributed by atoms with Gasteiger partial charge < -0.3 is 9.80 Å². The Bertz CT molecular complexity index is 870. The summed E-state index contributed by atoms with van der Waals surface area (Å²) < 4.78 is 1.92. The van der Waals surface area contributed by atoms with Crippen molar-refractivity contribution in [2.45, 2.75) is 12.5 Å². The normalized spacial score (nSPS) is 18.3. The molecule has 0 bridgehead atoms. The van der Waals surface area contributed by atoms with Crippen LogP contribution in [0, 0.1) is 0 Å². The van der Waals surface area contributed by atoms with Gasteiger partial charge in [0.25, 0.3) is 5.91 Å². The molecule has 0 unspecified atom stereocenters. The van der Waals surface area contributed by atoms with Gasteiger partial charge in [0, 0.05) is 36.8 Å². The van der Waals surface area contributed by atoms with Crippen LogP contribution in [0.2, 0.25) is 0 Å². The number of likely N-dealkylation sites (N-methyl/N-ethyl adjacent to an activating group) is 2. The SMILES string of the molecule is CN1CC[C@@H](N(C)C(=O)c2csc3nc(-c4ccccc4)cn23)C1. The third-order valence-electron chi connectivity index (χ3n) is 4.73. The molecule has 0 saturated carbocycles. The van der Waals surface area contributed by atoms with Gasteiger partial charge in [-0.25, -0.2) is 4.98 Å². The standard InChI is InChI=1S/C18H20N4OS/c1-20-9-8-14(10-20)21(2)17(23)16-12-24-18-19-15(11-22(16)18)13-6-4-3-5-7-13/h3-7,11-12,14H,8-10H2,1-2H3/t14-/m1/s1. The highest BCUT2D eigenvalue weighted by Gasteiger charge is 2.28. The Hall–Kier alpha value is -2.18. The minimum absolute atomic E-state index is 0.0681. The molecule has 3 heterocycles. The van der Waals surface area contributed by atoms with Gasteiger partial charge >= 0.3 is 0 Å². The number of hydrogen-bond acceptors (Lipinski definition) is 4. The smallest absolute Gasteiger partial charge is 0.271 e. The van der Waals surface area contributed by atoms with Crippen molar-refractivity contribution in [3.05, 3.63) is 47.6 Å². The molecule has 1 aliphatic rings. The van der Waals surface area contributed by atoms with Crippen molar-refractivity contribution in [1.82, 2.24) is 19.2 Å². The van der Waals surface area contributed by atoms with Crippen LogP contribution in [-0.4, -0.2) is 58.3 Å². The van der Waals surface area contributed by atoms with Crippen LogP contribution in [0.25, 0.3) is 16.2 Å². The van der Waals surface area contributed by atoms with Gasteiger partial charge in [0.2, 0.25) is 0 Å². The maximum Gasteiger partial charge on any atom is 0.271 e. The number of imidazole rings is 1. The zero-order chi connectivity index (χ0) is 16.7. The summed E-state index contributed by atoms with van der Waals surface area (Å²) in [5.74, 6) is 0.0681. The van der Waals surface area contributed by atoms with Gasteiger partial charge in [0.05, 0.1) is 5.69 Å². The van der Waals surface area contributed by atoms with E-state index < -0.39 is 0 Å². The Kier molecular flexibility index (Phi) is 3.86. The number of hydrogen-bond donors (Lipinski definition) is 0. The number of thiazole rings is 1. The van der Waals surface area contributed by atoms with E-state index in [-0.39, 0.29) is 11.9 Å². The summed E-state index contributed by atoms with van der Waals surface area (Å²) in [5.41, 5.74) is 2.67. The molecule has 5 nitrogen and oxygen atoms in total. The Labute approximate surface area is 145 Å². The molecule has 2 aromatic heterocycles. The molecule has 0 aliphatic carbocycles. The molecule has 6 heteroatoms. The van der Waals surface area contributed by atoms with Crippen LogP contribution in [-0.2, 0) is 0 Å². The zero-order valence-electron chi connectivity index (χ0n) is 13.8. The van der Waals surface area contributed by atoms with Gasteiger partial charge in [-0.2, -0.15) is 0 Å². The summed E-state index contributed by atoms with van der Waals surface area (Å²) >= 11 is 1.51. The molecule has 1 atom stereocenters. The number of aromatic nitrogens is 2. The van der Waals surface area contributed by atoms with Crippen molar-refractivity contribution in [1.29, 1.82) is 0 Å². The van der Waals surface area contributed by atoms with E-state index >= 15 is 0 Å². The molecule has 0 radical (unpaired) electrons. The molecule has 1 aromatic carbocycles. The lowest BCUT2D eigenvalue weighted by Crippen LogP contribution is -2.39. The summed E-state index contributed by atoms with van der Waals surface area (Å²) in [5, 5.41) is 1.91. The number of nitrogens with zero attached hydrogens (tertiary/aromatic N) is 4. The second-order valence-corrected chi connectivity index (χ2v) is 7.22. The second-order valence-electron chi connectivity index (χ2n) is 6.39. The first-order chi connectivity index (χ1) is 11.6. The average Bonchev–Trinajstić information content (AvgIpc) is 3.29. The number of rotatable bonds is 3. The van der Waals surface area contributed by atoms with Gasteiger partial charge in [-0.1, -0.05) is 30.3 Å². The lowest BCUT2D eigenvalue weighted by molar-refractivity contribution is 0.0731. The number of benzene rings is 1. The van der Waals surface area contributed by atoms with Crippen LogP contribution < -0.4 is 0 Å². The van der Waals surface area contributed by atoms with Crippen molar-refractivity contribution >= 4 is 22.2 Å². The highest BCUT2D eigenvalue weighted by Crippen LogP contribution is 2.25. The van der Waals surface area contributed by atoms with Gasteiger partial charge in [-0.3, -0.25) is 9.20 Å². The minimum atomic E-state index is 0.0681. The first-order valence-electron chi connectivity index (χ1n) is 8.11. The van der Waals surface area contributed by atoms with Gasteiger partial charge in [0.15, 0.2) is 4.96 Å². The number of carbonyl (C=O) groups excluding carboxylic acids is 1. The largest absolute Gasteiger partial charge is 0.336 e. The topological polar surface area (TPSA) is 40.8 Å². The third-order valence-corrected chi connectivity index (χ3v) is 5.57. The van der Waals surface area contributed by atoms with E-state index in [2.05, 4.69) is 16.9 Å². The Morgan fingerprint density at radius 3 is 2.83 bits per heavy atom. The molecule has 1 amide bonds. The summed E-state index contributed by atoms with van der Waals surface area (Å²) in [6.45, 7) is 1.99. The van der Waals surface area contributed by atoms with Crippen molar-refractivity contribution in [3.63, 3.8) is 0 Å². The molecule has 24 heavy (non-hydrogen) atoms. The van der Waals surface area contributed by atoms with Crippen LogP contribution in [0.3, 0.4) is 0 Å². The van der Waals surface area contributed by atoms with Gasteiger partial charge in [-0.15, -0.1) is 11.3 Å². The predicted molar refractivity (Wildman–Crippen MR) is 96.5 cm³/mol. The molecule has 0 spiro atoms. The van der Waals surface area contributed by atoms with E-state index in [1.54, 1.807) is 0 Å². The summed E-state index contributed by atoms with van der Waals surface area (Å²) in [4.78, 5) is 22.6. The predicted octanol–water partition coefficient (Wildman–Crippen LogP) is 2.84. The first kappa shape index (κ1) is 15.4. The maximum absolute atomic E-state index is 12.9. The summed E-state index contributed by atoms with van der Waals surface area (Å²) in [6.07, 6.45) is 2.99. The number of carbonyl (C=O) groups is 1. The van der Waals surface area contributed by atoms with E-state index in [9.17, 15) is 4.79 Å². The van der Waals surface area contributed by atoms with Crippen LogP contribution in [0.15, 0.2) is 41.9 Å². The Balaban J connectivity index is 1.64. The van der Waals surface area contributed by atoms with E-state index in [1.165, 1.54) is 11.3 Å². The Morgan fingerprint density at radius 1 is 1.33 bits per heavy atom. The monoisotopic (exact) mass is 340 g/mol. The average molecular weight is 340 g/mol. The number of amides is 1. The van der Waals surface area contributed by atoms with E-state index in [0.717, 1.165) is 35.7 Å². The Morgan fingerprint density at radius 2 is 2.12 bits per heavy atom. The fourth-order valence-electron chi connectivity index (χ4n) is 3.26. The quantitative estimate of drug-likeness (QED) is 0.736. The zero-order valence-corrected chi connectivity index (χ0v) is 14.7. The highest BCUT2D eigenvalue weighted by atomic mass is 32.1. The molecular formula is C18H20N4OS. The van der Waals surface area contributed by atoms with Crippen molar-refractivity contribution in [3.8, 4) is 11.3 Å². The fraction of sp³-hybridized carbons (Fsp3) is 0.333. The third kappa shape index (κ3) is 2.61. The van der Waals surface area contributed by atoms with Crippen LogP contribution >= 0.6 is 11.3 Å². The van der Waals surface area contributed by atoms with E-state index in [0.29, 0.717) is 5.69 Å².